The van der Waals surface area contributed by atoms with Gasteiger partial charge in [0.15, 0.2) is 0 Å². The van der Waals surface area contributed by atoms with Crippen LogP contribution in [-0.2, 0) is 6.54 Å². The van der Waals surface area contributed by atoms with Gasteiger partial charge in [-0.3, -0.25) is 9.78 Å². The Morgan fingerprint density at radius 3 is 2.69 bits per heavy atom. The molecule has 0 aliphatic heterocycles. The van der Waals surface area contributed by atoms with Gasteiger partial charge in [0.2, 0.25) is 0 Å². The van der Waals surface area contributed by atoms with Crippen molar-refractivity contribution in [1.29, 1.82) is 0 Å². The number of aromatic nitrogens is 3. The number of pyridine rings is 1. The molecule has 2 aromatic carbocycles. The fraction of sp³-hybridized carbons (Fsp3) is 0.0476. The summed E-state index contributed by atoms with van der Waals surface area (Å²) in [5, 5.41) is 6.55. The van der Waals surface area contributed by atoms with E-state index in [0.717, 1.165) is 5.56 Å². The molecule has 0 aliphatic carbocycles. The summed E-state index contributed by atoms with van der Waals surface area (Å²) in [5.41, 5.74) is 8.41. The largest absolute Gasteiger partial charge is 0.396 e. The van der Waals surface area contributed by atoms with Crippen molar-refractivity contribution in [3.8, 4) is 0 Å². The lowest BCUT2D eigenvalue weighted by Gasteiger charge is -2.10. The number of hydrogen-bond acceptors (Lipinski definition) is 6. The summed E-state index contributed by atoms with van der Waals surface area (Å²) in [6.45, 7) is 0.460. The van der Waals surface area contributed by atoms with E-state index >= 15 is 0 Å². The number of amides is 1. The van der Waals surface area contributed by atoms with E-state index in [0.29, 0.717) is 34.7 Å². The Labute approximate surface area is 165 Å². The van der Waals surface area contributed by atoms with Crippen molar-refractivity contribution < 1.29 is 9.18 Å². The normalized spacial score (nSPS) is 10.7. The monoisotopic (exact) mass is 388 g/mol. The molecule has 29 heavy (non-hydrogen) atoms. The molecule has 4 aromatic rings. The minimum absolute atomic E-state index is 0.264. The molecule has 4 rings (SSSR count). The topological polar surface area (TPSA) is 106 Å². The quantitative estimate of drug-likeness (QED) is 0.482. The predicted octanol–water partition coefficient (Wildman–Crippen LogP) is 3.61. The molecule has 7 nitrogen and oxygen atoms in total. The maximum absolute atomic E-state index is 13.9. The minimum Gasteiger partial charge on any atom is -0.396 e. The van der Waals surface area contributed by atoms with Gasteiger partial charge in [-0.1, -0.05) is 18.2 Å². The van der Waals surface area contributed by atoms with Crippen molar-refractivity contribution in [2.45, 2.75) is 6.54 Å². The highest BCUT2D eigenvalue weighted by atomic mass is 19.1. The lowest BCUT2D eigenvalue weighted by molar-refractivity contribution is 0.102. The molecule has 0 spiro atoms. The number of nitrogen functional groups attached to an aromatic ring is 1. The Bertz CT molecular complexity index is 1180. The average molecular weight is 388 g/mol. The molecule has 0 saturated heterocycles. The summed E-state index contributed by atoms with van der Waals surface area (Å²) in [6.07, 6.45) is 4.36. The number of carbonyl (C=O) groups excluding carboxylic acids is 1. The molecule has 0 unspecified atom stereocenters. The van der Waals surface area contributed by atoms with Crippen LogP contribution in [0.3, 0.4) is 0 Å². The third-order valence-corrected chi connectivity index (χ3v) is 4.39. The number of rotatable bonds is 5. The van der Waals surface area contributed by atoms with Crippen LogP contribution in [0, 0.1) is 5.82 Å². The third kappa shape index (κ3) is 3.96. The molecular formula is C21H17FN6O. The van der Waals surface area contributed by atoms with Gasteiger partial charge in [0.1, 0.15) is 23.5 Å². The van der Waals surface area contributed by atoms with Gasteiger partial charge in [-0.25, -0.2) is 14.4 Å². The van der Waals surface area contributed by atoms with E-state index in [1.807, 2.05) is 12.1 Å². The number of nitrogens with zero attached hydrogens (tertiary/aromatic N) is 3. The van der Waals surface area contributed by atoms with Crippen LogP contribution >= 0.6 is 0 Å². The molecule has 144 valence electrons. The summed E-state index contributed by atoms with van der Waals surface area (Å²) < 4.78 is 13.9. The third-order valence-electron chi connectivity index (χ3n) is 4.39. The van der Waals surface area contributed by atoms with Crippen molar-refractivity contribution >= 4 is 34.0 Å². The van der Waals surface area contributed by atoms with Crippen molar-refractivity contribution in [1.82, 2.24) is 15.0 Å². The van der Waals surface area contributed by atoms with Crippen LogP contribution in [0.5, 0.6) is 0 Å². The fourth-order valence-electron chi connectivity index (χ4n) is 2.87. The molecule has 0 fully saturated rings. The standard InChI is InChI=1S/C21H17FN6O/c22-16-3-1-2-15-19(16)26-12-27-20(15)25-10-13-4-6-14(7-5-13)21(29)28-18-8-9-24-11-17(18)23/h1-9,11-12H,10,23H2,(H,24,28,29)(H,25,26,27). The highest BCUT2D eigenvalue weighted by Crippen LogP contribution is 2.22. The van der Waals surface area contributed by atoms with Gasteiger partial charge < -0.3 is 16.4 Å². The Morgan fingerprint density at radius 1 is 1.07 bits per heavy atom. The van der Waals surface area contributed by atoms with Crippen LogP contribution < -0.4 is 16.4 Å². The first-order valence-corrected chi connectivity index (χ1v) is 8.84. The molecule has 0 aliphatic rings. The Balaban J connectivity index is 1.45. The molecule has 4 N–H and O–H groups in total. The van der Waals surface area contributed by atoms with Gasteiger partial charge in [-0.2, -0.15) is 0 Å². The lowest BCUT2D eigenvalue weighted by atomic mass is 10.1. The number of hydrogen-bond donors (Lipinski definition) is 3. The number of anilines is 3. The fourth-order valence-corrected chi connectivity index (χ4v) is 2.87. The summed E-state index contributed by atoms with van der Waals surface area (Å²) in [6, 6.07) is 13.5. The summed E-state index contributed by atoms with van der Waals surface area (Å²) in [4.78, 5) is 24.5. The van der Waals surface area contributed by atoms with Crippen molar-refractivity contribution in [3.05, 3.63) is 84.2 Å². The maximum atomic E-state index is 13.9. The van der Waals surface area contributed by atoms with Crippen LogP contribution in [0.1, 0.15) is 15.9 Å². The SMILES string of the molecule is Nc1cnccc1NC(=O)c1ccc(CNc2ncnc3c(F)cccc23)cc1. The Morgan fingerprint density at radius 2 is 1.90 bits per heavy atom. The number of carbonyl (C=O) groups is 1. The number of halogens is 1. The highest BCUT2D eigenvalue weighted by molar-refractivity contribution is 6.05. The Hall–Kier alpha value is -4.07. The van der Waals surface area contributed by atoms with Gasteiger partial charge in [0.25, 0.3) is 5.91 Å². The molecule has 2 aromatic heterocycles. The van der Waals surface area contributed by atoms with Crippen molar-refractivity contribution in [2.75, 3.05) is 16.4 Å². The first-order valence-electron chi connectivity index (χ1n) is 8.84. The van der Waals surface area contributed by atoms with Gasteiger partial charge in [0, 0.05) is 23.7 Å². The molecule has 2 heterocycles. The lowest BCUT2D eigenvalue weighted by Crippen LogP contribution is -2.13. The van der Waals surface area contributed by atoms with Crippen molar-refractivity contribution in [3.63, 3.8) is 0 Å². The molecule has 0 bridgehead atoms. The van der Waals surface area contributed by atoms with Crippen LogP contribution in [0.4, 0.5) is 21.6 Å². The van der Waals surface area contributed by atoms with Crippen LogP contribution in [0.25, 0.3) is 10.9 Å². The summed E-state index contributed by atoms with van der Waals surface area (Å²) in [5.74, 6) is -0.109. The second-order valence-electron chi connectivity index (χ2n) is 6.33. The van der Waals surface area contributed by atoms with Crippen LogP contribution in [0.15, 0.2) is 67.3 Å². The number of fused-ring (bicyclic) bond motifs is 1. The first kappa shape index (κ1) is 18.3. The molecular weight excluding hydrogens is 371 g/mol. The molecule has 0 atom stereocenters. The van der Waals surface area contributed by atoms with Gasteiger partial charge in [0.05, 0.1) is 17.6 Å². The minimum atomic E-state index is -0.391. The van der Waals surface area contributed by atoms with Crippen molar-refractivity contribution in [2.24, 2.45) is 0 Å². The highest BCUT2D eigenvalue weighted by Gasteiger charge is 2.09. The van der Waals surface area contributed by atoms with E-state index in [9.17, 15) is 9.18 Å². The summed E-state index contributed by atoms with van der Waals surface area (Å²) >= 11 is 0. The Kier molecular flexibility index (Phi) is 4.98. The van der Waals surface area contributed by atoms with Crippen LogP contribution in [-0.4, -0.2) is 20.9 Å². The first-order chi connectivity index (χ1) is 14.1. The number of nitrogens with two attached hydrogens (primary N) is 1. The molecule has 8 heteroatoms. The second-order valence-corrected chi connectivity index (χ2v) is 6.33. The van der Waals surface area contributed by atoms with E-state index in [1.165, 1.54) is 18.6 Å². The van der Waals surface area contributed by atoms with Crippen LogP contribution in [0.2, 0.25) is 0 Å². The average Bonchev–Trinajstić information content (AvgIpc) is 2.74. The second kappa shape index (κ2) is 7.89. The smallest absolute Gasteiger partial charge is 0.255 e. The van der Waals surface area contributed by atoms with Gasteiger partial charge in [-0.15, -0.1) is 0 Å². The molecule has 0 saturated carbocycles. The number of nitrogens with one attached hydrogen (secondary N) is 2. The number of para-hydroxylation sites is 1. The molecule has 1 amide bonds. The summed E-state index contributed by atoms with van der Waals surface area (Å²) in [7, 11) is 0. The maximum Gasteiger partial charge on any atom is 0.255 e. The predicted molar refractivity (Wildman–Crippen MR) is 110 cm³/mol. The van der Waals surface area contributed by atoms with E-state index < -0.39 is 5.82 Å². The zero-order valence-electron chi connectivity index (χ0n) is 15.3. The zero-order chi connectivity index (χ0) is 20.2. The molecule has 0 radical (unpaired) electrons. The zero-order valence-corrected chi connectivity index (χ0v) is 15.3. The van der Waals surface area contributed by atoms with E-state index in [-0.39, 0.29) is 11.4 Å². The van der Waals surface area contributed by atoms with E-state index in [2.05, 4.69) is 25.6 Å². The van der Waals surface area contributed by atoms with E-state index in [4.69, 9.17) is 5.73 Å². The van der Waals surface area contributed by atoms with Gasteiger partial charge >= 0.3 is 0 Å². The number of benzene rings is 2. The van der Waals surface area contributed by atoms with E-state index in [1.54, 1.807) is 36.5 Å². The van der Waals surface area contributed by atoms with Gasteiger partial charge in [-0.05, 0) is 35.9 Å².